The van der Waals surface area contributed by atoms with Gasteiger partial charge in [-0.25, -0.2) is 4.39 Å². The van der Waals surface area contributed by atoms with Gasteiger partial charge >= 0.3 is 0 Å². The lowest BCUT2D eigenvalue weighted by molar-refractivity contribution is -0.116. The minimum absolute atomic E-state index is 0.250. The lowest BCUT2D eigenvalue weighted by Gasteiger charge is -2.19. The number of anilines is 2. The van der Waals surface area contributed by atoms with Crippen molar-refractivity contribution in [2.45, 2.75) is 11.9 Å². The molecular formula is C24H23ClFN3O2. The third-order valence-electron chi connectivity index (χ3n) is 4.68. The smallest absolute Gasteiger partial charge is 0.253 e. The molecule has 3 rings (SSSR count). The van der Waals surface area contributed by atoms with Crippen molar-refractivity contribution in [1.29, 1.82) is 0 Å². The first-order valence-electron chi connectivity index (χ1n) is 9.69. The van der Waals surface area contributed by atoms with Crippen LogP contribution in [0.25, 0.3) is 0 Å². The van der Waals surface area contributed by atoms with Crippen LogP contribution >= 0.6 is 11.6 Å². The van der Waals surface area contributed by atoms with Crippen molar-refractivity contribution in [3.05, 3.63) is 95.3 Å². The molecule has 1 atom stereocenters. The van der Waals surface area contributed by atoms with Gasteiger partial charge in [0.1, 0.15) is 11.2 Å². The maximum atomic E-state index is 13.1. The Kier molecular flexibility index (Phi) is 7.26. The standard InChI is InChI=1S/C24H23ClFN3O2/c1-29(2)21-13-12-19(28-24(31)22(25)17-6-4-3-5-7-17)14-20(21)23(30)27-15-16-8-10-18(26)11-9-16/h3-14,22H,15H2,1-2H3,(H,27,30)(H,28,31). The maximum absolute atomic E-state index is 13.1. The summed E-state index contributed by atoms with van der Waals surface area (Å²) >= 11 is 6.29. The van der Waals surface area contributed by atoms with E-state index in [4.69, 9.17) is 11.6 Å². The van der Waals surface area contributed by atoms with Crippen LogP contribution in [0, 0.1) is 5.82 Å². The van der Waals surface area contributed by atoms with Gasteiger partial charge in [-0.2, -0.15) is 0 Å². The Morgan fingerprint density at radius 1 is 1.00 bits per heavy atom. The molecule has 3 aromatic rings. The van der Waals surface area contributed by atoms with Crippen LogP contribution in [0.15, 0.2) is 72.8 Å². The quantitative estimate of drug-likeness (QED) is 0.523. The van der Waals surface area contributed by atoms with Gasteiger partial charge in [-0.15, -0.1) is 11.6 Å². The molecule has 0 bridgehead atoms. The van der Waals surface area contributed by atoms with E-state index in [1.165, 1.54) is 12.1 Å². The molecule has 31 heavy (non-hydrogen) atoms. The Bertz CT molecular complexity index is 1060. The van der Waals surface area contributed by atoms with Crippen molar-refractivity contribution < 1.29 is 14.0 Å². The van der Waals surface area contributed by atoms with Crippen LogP contribution in [0.3, 0.4) is 0 Å². The number of alkyl halides is 1. The molecule has 0 fully saturated rings. The number of benzene rings is 3. The summed E-state index contributed by atoms with van der Waals surface area (Å²) in [6, 6.07) is 20.0. The number of hydrogen-bond acceptors (Lipinski definition) is 3. The number of amides is 2. The predicted octanol–water partition coefficient (Wildman–Crippen LogP) is 4.74. The Morgan fingerprint density at radius 3 is 2.32 bits per heavy atom. The molecular weight excluding hydrogens is 417 g/mol. The average Bonchev–Trinajstić information content (AvgIpc) is 2.78. The van der Waals surface area contributed by atoms with Crippen molar-refractivity contribution in [3.63, 3.8) is 0 Å². The van der Waals surface area contributed by atoms with E-state index < -0.39 is 5.38 Å². The van der Waals surface area contributed by atoms with Crippen molar-refractivity contribution in [1.82, 2.24) is 5.32 Å². The Morgan fingerprint density at radius 2 is 1.68 bits per heavy atom. The minimum atomic E-state index is -0.856. The van der Waals surface area contributed by atoms with Gasteiger partial charge < -0.3 is 15.5 Å². The van der Waals surface area contributed by atoms with E-state index in [2.05, 4.69) is 10.6 Å². The van der Waals surface area contributed by atoms with Crippen LogP contribution in [0.2, 0.25) is 0 Å². The highest BCUT2D eigenvalue weighted by Crippen LogP contribution is 2.26. The molecule has 160 valence electrons. The summed E-state index contributed by atoms with van der Waals surface area (Å²) < 4.78 is 13.1. The lowest BCUT2D eigenvalue weighted by atomic mass is 10.1. The summed E-state index contributed by atoms with van der Waals surface area (Å²) in [5.74, 6) is -1.03. The average molecular weight is 440 g/mol. The molecule has 0 aliphatic carbocycles. The van der Waals surface area contributed by atoms with Crippen molar-refractivity contribution in [2.24, 2.45) is 0 Å². The summed E-state index contributed by atoms with van der Waals surface area (Å²) in [4.78, 5) is 27.2. The number of carbonyl (C=O) groups is 2. The second kappa shape index (κ2) is 10.1. The fourth-order valence-corrected chi connectivity index (χ4v) is 3.24. The van der Waals surface area contributed by atoms with E-state index in [-0.39, 0.29) is 24.2 Å². The van der Waals surface area contributed by atoms with Crippen LogP contribution < -0.4 is 15.5 Å². The zero-order valence-electron chi connectivity index (χ0n) is 17.2. The first kappa shape index (κ1) is 22.3. The second-order valence-corrected chi connectivity index (χ2v) is 7.63. The zero-order chi connectivity index (χ0) is 22.4. The topological polar surface area (TPSA) is 61.4 Å². The molecule has 0 saturated heterocycles. The van der Waals surface area contributed by atoms with Crippen molar-refractivity contribution in [3.8, 4) is 0 Å². The highest BCUT2D eigenvalue weighted by molar-refractivity contribution is 6.32. The number of rotatable bonds is 7. The second-order valence-electron chi connectivity index (χ2n) is 7.20. The number of nitrogens with one attached hydrogen (secondary N) is 2. The molecule has 5 nitrogen and oxygen atoms in total. The first-order valence-corrected chi connectivity index (χ1v) is 10.1. The van der Waals surface area contributed by atoms with E-state index in [0.717, 1.165) is 5.56 Å². The highest BCUT2D eigenvalue weighted by Gasteiger charge is 2.19. The number of halogens is 2. The first-order chi connectivity index (χ1) is 14.8. The summed E-state index contributed by atoms with van der Waals surface area (Å²) in [7, 11) is 3.66. The van der Waals surface area contributed by atoms with E-state index in [1.54, 1.807) is 42.5 Å². The van der Waals surface area contributed by atoms with Gasteiger partial charge in [0.2, 0.25) is 5.91 Å². The molecule has 0 radical (unpaired) electrons. The van der Waals surface area contributed by atoms with Gasteiger partial charge in [-0.3, -0.25) is 9.59 Å². The Labute approximate surface area is 185 Å². The zero-order valence-corrected chi connectivity index (χ0v) is 18.0. The lowest BCUT2D eigenvalue weighted by Crippen LogP contribution is -2.26. The molecule has 0 saturated carbocycles. The van der Waals surface area contributed by atoms with E-state index in [9.17, 15) is 14.0 Å². The predicted molar refractivity (Wildman–Crippen MR) is 122 cm³/mol. The molecule has 0 heterocycles. The monoisotopic (exact) mass is 439 g/mol. The Hall–Kier alpha value is -3.38. The minimum Gasteiger partial charge on any atom is -0.377 e. The van der Waals surface area contributed by atoms with E-state index >= 15 is 0 Å². The number of carbonyl (C=O) groups excluding carboxylic acids is 2. The van der Waals surface area contributed by atoms with Crippen LogP contribution in [-0.2, 0) is 11.3 Å². The van der Waals surface area contributed by atoms with Crippen molar-refractivity contribution >= 4 is 34.8 Å². The van der Waals surface area contributed by atoms with Gasteiger partial charge in [-0.05, 0) is 41.5 Å². The largest absolute Gasteiger partial charge is 0.377 e. The Balaban J connectivity index is 1.76. The number of nitrogens with zero attached hydrogens (tertiary/aromatic N) is 1. The molecule has 0 aromatic heterocycles. The van der Waals surface area contributed by atoms with E-state index in [1.807, 2.05) is 37.2 Å². The van der Waals surface area contributed by atoms with Crippen LogP contribution in [0.4, 0.5) is 15.8 Å². The van der Waals surface area contributed by atoms with E-state index in [0.29, 0.717) is 22.5 Å². The third-order valence-corrected chi connectivity index (χ3v) is 5.13. The van der Waals surface area contributed by atoms with Gasteiger partial charge in [0, 0.05) is 32.0 Å². The van der Waals surface area contributed by atoms with Gasteiger partial charge in [0.25, 0.3) is 5.91 Å². The summed E-state index contributed by atoms with van der Waals surface area (Å²) in [5, 5.41) is 4.75. The molecule has 2 amide bonds. The molecule has 0 aliphatic heterocycles. The fraction of sp³-hybridized carbons (Fsp3) is 0.167. The molecule has 1 unspecified atom stereocenters. The van der Waals surface area contributed by atoms with Gasteiger partial charge in [-0.1, -0.05) is 42.5 Å². The molecule has 0 spiro atoms. The molecule has 0 aliphatic rings. The summed E-state index contributed by atoms with van der Waals surface area (Å²) in [5.41, 5.74) is 3.02. The fourth-order valence-electron chi connectivity index (χ4n) is 3.04. The molecule has 3 aromatic carbocycles. The van der Waals surface area contributed by atoms with Crippen LogP contribution in [0.1, 0.15) is 26.9 Å². The normalized spacial score (nSPS) is 11.5. The SMILES string of the molecule is CN(C)c1ccc(NC(=O)C(Cl)c2ccccc2)cc1C(=O)NCc1ccc(F)cc1. The van der Waals surface area contributed by atoms with Gasteiger partial charge in [0.15, 0.2) is 0 Å². The maximum Gasteiger partial charge on any atom is 0.253 e. The highest BCUT2D eigenvalue weighted by atomic mass is 35.5. The van der Waals surface area contributed by atoms with Gasteiger partial charge in [0.05, 0.1) is 5.56 Å². The van der Waals surface area contributed by atoms with Crippen LogP contribution in [0.5, 0.6) is 0 Å². The molecule has 2 N–H and O–H groups in total. The summed E-state index contributed by atoms with van der Waals surface area (Å²) in [6.07, 6.45) is 0. The summed E-state index contributed by atoms with van der Waals surface area (Å²) in [6.45, 7) is 0.250. The molecule has 7 heteroatoms. The third kappa shape index (κ3) is 5.83. The van der Waals surface area contributed by atoms with Crippen LogP contribution in [-0.4, -0.2) is 25.9 Å². The van der Waals surface area contributed by atoms with Crippen molar-refractivity contribution in [2.75, 3.05) is 24.3 Å². The number of hydrogen-bond donors (Lipinski definition) is 2.